The van der Waals surface area contributed by atoms with Crippen molar-refractivity contribution in [3.05, 3.63) is 71.8 Å². The van der Waals surface area contributed by atoms with Crippen molar-refractivity contribution in [2.75, 3.05) is 13.2 Å². The molecular weight excluding hydrogens is 326 g/mol. The van der Waals surface area contributed by atoms with Gasteiger partial charge in [0, 0.05) is 6.61 Å². The first-order valence-electron chi connectivity index (χ1n) is 9.46. The molecule has 0 aromatic heterocycles. The van der Waals surface area contributed by atoms with Gasteiger partial charge >= 0.3 is 9.28 Å². The predicted octanol–water partition coefficient (Wildman–Crippen LogP) is 4.11. The first-order valence-corrected chi connectivity index (χ1v) is 11.2. The van der Waals surface area contributed by atoms with Crippen molar-refractivity contribution < 1.29 is 8.85 Å². The van der Waals surface area contributed by atoms with E-state index < -0.39 is 14.9 Å². The van der Waals surface area contributed by atoms with Gasteiger partial charge in [0.2, 0.25) is 0 Å². The molecule has 0 radical (unpaired) electrons. The van der Waals surface area contributed by atoms with E-state index in [1.807, 2.05) is 0 Å². The molecule has 1 fully saturated rings. The third kappa shape index (κ3) is 4.58. The summed E-state index contributed by atoms with van der Waals surface area (Å²) in [6, 6.07) is 22.4. The molecule has 0 bridgehead atoms. The van der Waals surface area contributed by atoms with Crippen molar-refractivity contribution in [3.8, 4) is 0 Å². The Balaban J connectivity index is 1.99. The molecule has 2 aromatic carbocycles. The third-order valence-corrected chi connectivity index (χ3v) is 7.09. The highest BCUT2D eigenvalue weighted by Crippen LogP contribution is 2.40. The minimum absolute atomic E-state index is 0.425. The van der Waals surface area contributed by atoms with Gasteiger partial charge in [0.25, 0.3) is 0 Å². The van der Waals surface area contributed by atoms with Crippen LogP contribution < -0.4 is 5.73 Å². The van der Waals surface area contributed by atoms with Crippen LogP contribution in [0.5, 0.6) is 0 Å². The van der Waals surface area contributed by atoms with Gasteiger partial charge in [-0.1, -0.05) is 60.7 Å². The number of rotatable bonds is 8. The van der Waals surface area contributed by atoms with Gasteiger partial charge in [-0.15, -0.1) is 0 Å². The van der Waals surface area contributed by atoms with Gasteiger partial charge < -0.3 is 14.6 Å². The van der Waals surface area contributed by atoms with Gasteiger partial charge in [-0.2, -0.15) is 0 Å². The zero-order chi connectivity index (χ0) is 17.4. The van der Waals surface area contributed by atoms with Crippen molar-refractivity contribution in [2.24, 2.45) is 5.73 Å². The van der Waals surface area contributed by atoms with Crippen molar-refractivity contribution >= 4 is 9.28 Å². The summed E-state index contributed by atoms with van der Waals surface area (Å²) < 4.78 is 12.9. The molecule has 2 N–H and O–H groups in total. The van der Waals surface area contributed by atoms with Crippen LogP contribution in [0.25, 0.3) is 0 Å². The lowest BCUT2D eigenvalue weighted by Gasteiger charge is -2.39. The number of hydrogen-bond donors (Lipinski definition) is 1. The maximum atomic E-state index is 6.87. The Morgan fingerprint density at radius 1 is 0.920 bits per heavy atom. The fraction of sp³-hybridized carbons (Fsp3) is 0.429. The smallest absolute Gasteiger partial charge is 0.322 e. The largest absolute Gasteiger partial charge is 0.397 e. The molecule has 25 heavy (non-hydrogen) atoms. The van der Waals surface area contributed by atoms with E-state index in [1.165, 1.54) is 17.5 Å². The minimum Gasteiger partial charge on any atom is -0.397 e. The van der Waals surface area contributed by atoms with Crippen molar-refractivity contribution in [1.29, 1.82) is 0 Å². The Morgan fingerprint density at radius 3 is 2.08 bits per heavy atom. The number of nitrogens with two attached hydrogens (primary N) is 1. The van der Waals surface area contributed by atoms with Crippen molar-refractivity contribution in [1.82, 2.24) is 0 Å². The van der Waals surface area contributed by atoms with Crippen LogP contribution in [0, 0.1) is 0 Å². The number of hydrogen-bond acceptors (Lipinski definition) is 3. The van der Waals surface area contributed by atoms with E-state index in [0.717, 1.165) is 44.9 Å². The highest BCUT2D eigenvalue weighted by atomic mass is 28.3. The second-order valence-electron chi connectivity index (χ2n) is 6.72. The number of unbranched alkanes of at least 4 members (excludes halogenated alkanes) is 1. The van der Waals surface area contributed by atoms with Gasteiger partial charge in [0.1, 0.15) is 5.60 Å². The molecule has 0 spiro atoms. The van der Waals surface area contributed by atoms with Crippen LogP contribution in [-0.2, 0) is 14.5 Å². The molecule has 0 aliphatic carbocycles. The van der Waals surface area contributed by atoms with Crippen LogP contribution in [0.2, 0.25) is 6.04 Å². The monoisotopic (exact) mass is 355 g/mol. The van der Waals surface area contributed by atoms with E-state index in [-0.39, 0.29) is 0 Å². The first kappa shape index (κ1) is 18.3. The van der Waals surface area contributed by atoms with Crippen molar-refractivity contribution in [2.45, 2.75) is 43.7 Å². The second-order valence-corrected chi connectivity index (χ2v) is 8.72. The topological polar surface area (TPSA) is 44.5 Å². The summed E-state index contributed by atoms with van der Waals surface area (Å²) in [7, 11) is -1.67. The molecular formula is C21H29NO2Si. The van der Waals surface area contributed by atoms with Crippen LogP contribution in [0.4, 0.5) is 0 Å². The van der Waals surface area contributed by atoms with E-state index in [0.29, 0.717) is 0 Å². The molecule has 1 saturated heterocycles. The van der Waals surface area contributed by atoms with E-state index in [1.54, 1.807) is 0 Å². The van der Waals surface area contributed by atoms with Crippen LogP contribution in [-0.4, -0.2) is 22.4 Å². The van der Waals surface area contributed by atoms with Crippen molar-refractivity contribution in [3.63, 3.8) is 0 Å². The highest BCUT2D eigenvalue weighted by Gasteiger charge is 2.38. The van der Waals surface area contributed by atoms with E-state index in [9.17, 15) is 0 Å². The van der Waals surface area contributed by atoms with Gasteiger partial charge in [-0.25, -0.2) is 0 Å². The lowest BCUT2D eigenvalue weighted by molar-refractivity contribution is 0.0499. The van der Waals surface area contributed by atoms with E-state index in [4.69, 9.17) is 14.6 Å². The van der Waals surface area contributed by atoms with Crippen LogP contribution in [0.1, 0.15) is 43.2 Å². The molecule has 1 aliphatic heterocycles. The Labute approximate surface area is 153 Å². The summed E-state index contributed by atoms with van der Waals surface area (Å²) in [6.07, 6.45) is 5.37. The minimum atomic E-state index is -1.67. The Hall–Kier alpha value is -1.46. The average Bonchev–Trinajstić information content (AvgIpc) is 2.69. The lowest BCUT2D eigenvalue weighted by Crippen LogP contribution is -2.40. The van der Waals surface area contributed by atoms with E-state index in [2.05, 4.69) is 60.7 Å². The van der Waals surface area contributed by atoms with Gasteiger partial charge in [0.05, 0.1) is 0 Å². The number of benzene rings is 2. The second kappa shape index (κ2) is 9.29. The summed E-state index contributed by atoms with van der Waals surface area (Å²) in [6.45, 7) is 1.57. The SMILES string of the molecule is NCCCCC(O[SiH]1CCCCO1)(c1ccccc1)c1ccccc1. The Kier molecular flexibility index (Phi) is 6.82. The maximum absolute atomic E-state index is 6.87. The van der Waals surface area contributed by atoms with Gasteiger partial charge in [-0.05, 0) is 55.8 Å². The predicted molar refractivity (Wildman–Crippen MR) is 105 cm³/mol. The average molecular weight is 356 g/mol. The molecule has 1 atom stereocenters. The normalized spacial score (nSPS) is 18.2. The van der Waals surface area contributed by atoms with Crippen LogP contribution >= 0.6 is 0 Å². The van der Waals surface area contributed by atoms with E-state index >= 15 is 0 Å². The molecule has 2 aromatic rings. The molecule has 4 heteroatoms. The molecule has 134 valence electrons. The zero-order valence-corrected chi connectivity index (χ0v) is 16.1. The Bertz CT molecular complexity index is 575. The fourth-order valence-corrected chi connectivity index (χ4v) is 5.85. The molecule has 0 saturated carbocycles. The summed E-state index contributed by atoms with van der Waals surface area (Å²) in [5, 5.41) is 0. The molecule has 3 nitrogen and oxygen atoms in total. The van der Waals surface area contributed by atoms with Crippen LogP contribution in [0.3, 0.4) is 0 Å². The first-order chi connectivity index (χ1) is 12.3. The fourth-order valence-electron chi connectivity index (χ4n) is 3.61. The summed E-state index contributed by atoms with van der Waals surface area (Å²) in [5.41, 5.74) is 7.78. The molecule has 3 rings (SSSR count). The Morgan fingerprint density at radius 2 is 1.56 bits per heavy atom. The maximum Gasteiger partial charge on any atom is 0.322 e. The van der Waals surface area contributed by atoms with Gasteiger partial charge in [-0.3, -0.25) is 0 Å². The zero-order valence-electron chi connectivity index (χ0n) is 14.9. The highest BCUT2D eigenvalue weighted by molar-refractivity contribution is 6.44. The molecule has 1 heterocycles. The van der Waals surface area contributed by atoms with Gasteiger partial charge in [0.15, 0.2) is 0 Å². The lowest BCUT2D eigenvalue weighted by atomic mass is 9.82. The quantitative estimate of drug-likeness (QED) is 0.572. The summed E-state index contributed by atoms with van der Waals surface area (Å²) >= 11 is 0. The molecule has 1 aliphatic rings. The summed E-state index contributed by atoms with van der Waals surface area (Å²) in [5.74, 6) is 0. The van der Waals surface area contributed by atoms with Crippen LogP contribution in [0.15, 0.2) is 60.7 Å². The third-order valence-electron chi connectivity index (χ3n) is 4.93. The standard InChI is InChI=1S/C21H29NO2Si/c22-16-8-7-15-21(19-11-3-1-4-12-19,20-13-5-2-6-14-20)24-25-18-10-9-17-23-25/h1-6,11-14,25H,7-10,15-18,22H2. The molecule has 0 amide bonds. The summed E-state index contributed by atoms with van der Waals surface area (Å²) in [4.78, 5) is 0. The molecule has 1 unspecified atom stereocenters.